The van der Waals surface area contributed by atoms with Crippen LogP contribution >= 0.6 is 11.3 Å². The van der Waals surface area contributed by atoms with Gasteiger partial charge in [-0.1, -0.05) is 36.5 Å². The van der Waals surface area contributed by atoms with Crippen molar-refractivity contribution in [3.8, 4) is 0 Å². The molecule has 1 atom stereocenters. The number of carbonyl (C=O) groups excluding carboxylic acids is 2. The van der Waals surface area contributed by atoms with E-state index in [4.69, 9.17) is 4.74 Å². The van der Waals surface area contributed by atoms with Crippen LogP contribution in [0.25, 0.3) is 0 Å². The summed E-state index contributed by atoms with van der Waals surface area (Å²) in [6.07, 6.45) is 1.28. The Hall–Kier alpha value is -2.32. The summed E-state index contributed by atoms with van der Waals surface area (Å²) in [4.78, 5) is 25.9. The van der Waals surface area contributed by atoms with Gasteiger partial charge in [0, 0.05) is 31.7 Å². The highest BCUT2D eigenvalue weighted by atomic mass is 32.1. The van der Waals surface area contributed by atoms with E-state index in [1.807, 2.05) is 29.2 Å². The van der Waals surface area contributed by atoms with Crippen LogP contribution in [-0.2, 0) is 20.7 Å². The van der Waals surface area contributed by atoms with Crippen molar-refractivity contribution in [2.24, 2.45) is 0 Å². The largest absolute Gasteiger partial charge is 0.375 e. The quantitative estimate of drug-likeness (QED) is 0.854. The number of hydrogen-bond acceptors (Lipinski definition) is 6. The molecule has 2 amide bonds. The van der Waals surface area contributed by atoms with Gasteiger partial charge in [0.05, 0.1) is 0 Å². The Balaban J connectivity index is 1.72. The minimum atomic E-state index is -0.272. The highest BCUT2D eigenvalue weighted by Crippen LogP contribution is 2.35. The number of ether oxygens (including phenoxy) is 1. The van der Waals surface area contributed by atoms with Gasteiger partial charge in [-0.05, 0) is 18.1 Å². The van der Waals surface area contributed by atoms with Gasteiger partial charge in [-0.15, -0.1) is 10.2 Å². The molecule has 0 spiro atoms. The number of nitrogens with zero attached hydrogens (tertiary/aromatic N) is 3. The summed E-state index contributed by atoms with van der Waals surface area (Å²) >= 11 is 1.30. The number of hydrogen-bond donors (Lipinski definition) is 1. The topological polar surface area (TPSA) is 84.4 Å². The number of carbonyl (C=O) groups is 2. The minimum Gasteiger partial charge on any atom is -0.375 e. The maximum atomic E-state index is 12.5. The van der Waals surface area contributed by atoms with E-state index in [9.17, 15) is 9.59 Å². The number of nitrogens with one attached hydrogen (secondary N) is 1. The van der Waals surface area contributed by atoms with Crippen molar-refractivity contribution in [3.63, 3.8) is 0 Å². The van der Waals surface area contributed by atoms with Crippen LogP contribution in [0.2, 0.25) is 0 Å². The fourth-order valence-corrected chi connectivity index (χ4v) is 3.77. The number of methoxy groups -OCH3 is 1. The summed E-state index contributed by atoms with van der Waals surface area (Å²) in [6, 6.07) is 7.96. The summed E-state index contributed by atoms with van der Waals surface area (Å²) in [5.41, 5.74) is 2.12. The Bertz CT molecular complexity index is 777. The molecule has 1 fully saturated rings. The van der Waals surface area contributed by atoms with E-state index in [1.54, 1.807) is 0 Å². The van der Waals surface area contributed by atoms with E-state index in [1.165, 1.54) is 18.4 Å². The average molecular weight is 360 g/mol. The Morgan fingerprint density at radius 1 is 1.40 bits per heavy atom. The lowest BCUT2D eigenvalue weighted by atomic mass is 10.1. The molecule has 7 nitrogen and oxygen atoms in total. The molecule has 2 aromatic rings. The molecule has 0 aliphatic carbocycles. The zero-order valence-corrected chi connectivity index (χ0v) is 15.0. The molecule has 0 unspecified atom stereocenters. The fraction of sp³-hybridized carbons (Fsp3) is 0.412. The van der Waals surface area contributed by atoms with Crippen LogP contribution in [0.15, 0.2) is 24.3 Å². The second kappa shape index (κ2) is 7.71. The summed E-state index contributed by atoms with van der Waals surface area (Å²) < 4.78 is 4.77. The van der Waals surface area contributed by atoms with Crippen molar-refractivity contribution in [2.75, 3.05) is 30.5 Å². The van der Waals surface area contributed by atoms with Gasteiger partial charge in [-0.25, -0.2) is 0 Å². The molecule has 8 heteroatoms. The van der Waals surface area contributed by atoms with E-state index in [0.717, 1.165) is 22.7 Å². The number of benzene rings is 1. The lowest BCUT2D eigenvalue weighted by molar-refractivity contribution is -0.119. The molecule has 2 heterocycles. The summed E-state index contributed by atoms with van der Waals surface area (Å²) in [5.74, 6) is -0.194. The maximum absolute atomic E-state index is 12.5. The molecule has 0 saturated carbocycles. The van der Waals surface area contributed by atoms with E-state index < -0.39 is 0 Å². The standard InChI is InChI=1S/C17H20N4O3S/c1-3-11-6-4-5-7-13(11)21-9-12(8-15(21)23)16-19-20-17(25-16)18-14(22)10-24-2/h4-7,12H,3,8-10H2,1-2H3,(H,18,20,22)/t12-/m0/s1. The van der Waals surface area contributed by atoms with Crippen LogP contribution < -0.4 is 10.2 Å². The SMILES string of the molecule is CCc1ccccc1N1C[C@@H](c2nnc(NC(=O)COC)s2)CC1=O. The molecule has 1 aromatic carbocycles. The predicted molar refractivity (Wildman–Crippen MR) is 95.9 cm³/mol. The minimum absolute atomic E-state index is 0.0111. The molecule has 0 radical (unpaired) electrons. The van der Waals surface area contributed by atoms with Crippen molar-refractivity contribution in [1.29, 1.82) is 0 Å². The molecule has 132 valence electrons. The number of aryl methyl sites for hydroxylation is 1. The molecule has 1 aromatic heterocycles. The molecule has 1 saturated heterocycles. The molecule has 3 rings (SSSR count). The van der Waals surface area contributed by atoms with Crippen molar-refractivity contribution in [1.82, 2.24) is 10.2 Å². The predicted octanol–water partition coefficient (Wildman–Crippen LogP) is 2.21. The number of anilines is 2. The van der Waals surface area contributed by atoms with E-state index >= 15 is 0 Å². The normalized spacial score (nSPS) is 17.1. The van der Waals surface area contributed by atoms with Gasteiger partial charge < -0.3 is 9.64 Å². The molecular weight excluding hydrogens is 340 g/mol. The Labute approximate surface area is 150 Å². The van der Waals surface area contributed by atoms with Crippen molar-refractivity contribution in [2.45, 2.75) is 25.7 Å². The Morgan fingerprint density at radius 2 is 2.20 bits per heavy atom. The second-order valence-corrected chi connectivity index (χ2v) is 6.82. The Kier molecular flexibility index (Phi) is 5.40. The number of aromatic nitrogens is 2. The monoisotopic (exact) mass is 360 g/mol. The van der Waals surface area contributed by atoms with Crippen molar-refractivity contribution < 1.29 is 14.3 Å². The van der Waals surface area contributed by atoms with Crippen LogP contribution in [-0.4, -0.2) is 42.3 Å². The molecule has 1 aliphatic rings. The first kappa shape index (κ1) is 17.5. The van der Waals surface area contributed by atoms with Crippen LogP contribution in [0, 0.1) is 0 Å². The smallest absolute Gasteiger partial charge is 0.252 e. The molecule has 0 bridgehead atoms. The second-order valence-electron chi connectivity index (χ2n) is 5.81. The van der Waals surface area contributed by atoms with E-state index in [0.29, 0.717) is 18.1 Å². The first-order chi connectivity index (χ1) is 12.1. The lowest BCUT2D eigenvalue weighted by Crippen LogP contribution is -2.25. The van der Waals surface area contributed by atoms with Crippen molar-refractivity contribution >= 4 is 34.0 Å². The third-order valence-electron chi connectivity index (χ3n) is 4.10. The van der Waals surface area contributed by atoms with Gasteiger partial charge >= 0.3 is 0 Å². The van der Waals surface area contributed by atoms with Gasteiger partial charge in [0.2, 0.25) is 11.0 Å². The molecule has 1 N–H and O–H groups in total. The number of rotatable bonds is 6. The van der Waals surface area contributed by atoms with Gasteiger partial charge in [0.1, 0.15) is 11.6 Å². The van der Waals surface area contributed by atoms with Gasteiger partial charge in [0.15, 0.2) is 0 Å². The van der Waals surface area contributed by atoms with Crippen LogP contribution in [0.1, 0.15) is 29.8 Å². The van der Waals surface area contributed by atoms with E-state index in [2.05, 4.69) is 22.4 Å². The fourth-order valence-electron chi connectivity index (χ4n) is 2.92. The van der Waals surface area contributed by atoms with Gasteiger partial charge in [0.25, 0.3) is 5.91 Å². The third kappa shape index (κ3) is 3.85. The summed E-state index contributed by atoms with van der Waals surface area (Å²) in [5, 5.41) is 12.0. The summed E-state index contributed by atoms with van der Waals surface area (Å²) in [7, 11) is 1.46. The van der Waals surface area contributed by atoms with Crippen LogP contribution in [0.3, 0.4) is 0 Å². The van der Waals surface area contributed by atoms with Crippen LogP contribution in [0.5, 0.6) is 0 Å². The molecule has 1 aliphatic heterocycles. The summed E-state index contributed by atoms with van der Waals surface area (Å²) in [6.45, 7) is 2.63. The van der Waals surface area contributed by atoms with Crippen LogP contribution in [0.4, 0.5) is 10.8 Å². The Morgan fingerprint density at radius 3 is 2.96 bits per heavy atom. The van der Waals surface area contributed by atoms with Gasteiger partial charge in [-0.2, -0.15) is 0 Å². The average Bonchev–Trinajstić information content (AvgIpc) is 3.21. The lowest BCUT2D eigenvalue weighted by Gasteiger charge is -2.19. The zero-order chi connectivity index (χ0) is 17.8. The van der Waals surface area contributed by atoms with Crippen molar-refractivity contribution in [3.05, 3.63) is 34.8 Å². The first-order valence-electron chi connectivity index (χ1n) is 8.12. The molecular formula is C17H20N4O3S. The maximum Gasteiger partial charge on any atom is 0.252 e. The number of para-hydroxylation sites is 1. The molecule has 25 heavy (non-hydrogen) atoms. The third-order valence-corrected chi connectivity index (χ3v) is 5.10. The zero-order valence-electron chi connectivity index (χ0n) is 14.2. The highest BCUT2D eigenvalue weighted by molar-refractivity contribution is 7.15. The number of amides is 2. The highest BCUT2D eigenvalue weighted by Gasteiger charge is 2.34. The van der Waals surface area contributed by atoms with E-state index in [-0.39, 0.29) is 24.3 Å². The first-order valence-corrected chi connectivity index (χ1v) is 8.94. The van der Waals surface area contributed by atoms with Gasteiger partial charge in [-0.3, -0.25) is 14.9 Å².